The Bertz CT molecular complexity index is 1810. The molecule has 1 atom stereocenters. The summed E-state index contributed by atoms with van der Waals surface area (Å²) in [5, 5.41) is 15.3. The minimum Gasteiger partial charge on any atom is -0.352 e. The van der Waals surface area contributed by atoms with E-state index in [0.717, 1.165) is 32.3 Å². The second kappa shape index (κ2) is 11.3. The third-order valence-corrected chi connectivity index (χ3v) is 9.06. The Labute approximate surface area is 255 Å². The fourth-order valence-electron chi connectivity index (χ4n) is 5.23. The van der Waals surface area contributed by atoms with Crippen molar-refractivity contribution in [1.29, 1.82) is 0 Å². The minimum absolute atomic E-state index is 0.0378. The highest BCUT2D eigenvalue weighted by molar-refractivity contribution is 7.15. The number of carbonyl (C=O) groups excluding carboxylic acids is 3. The molecule has 6 rings (SSSR count). The summed E-state index contributed by atoms with van der Waals surface area (Å²) < 4.78 is 17.0. The Hall–Kier alpha value is -4.42. The van der Waals surface area contributed by atoms with E-state index in [0.29, 0.717) is 22.4 Å². The Morgan fingerprint density at radius 2 is 1.91 bits per heavy atom. The largest absolute Gasteiger partial charge is 0.352 e. The lowest BCUT2D eigenvalue weighted by Crippen LogP contribution is -2.49. The quantitative estimate of drug-likeness (QED) is 0.311. The minimum atomic E-state index is -0.654. The van der Waals surface area contributed by atoms with Crippen molar-refractivity contribution in [2.24, 2.45) is 4.99 Å². The number of benzene rings is 2. The number of hydrogen-bond acceptors (Lipinski definition) is 7. The fourth-order valence-corrected chi connectivity index (χ4v) is 6.57. The highest BCUT2D eigenvalue weighted by atomic mass is 35.5. The average Bonchev–Trinajstić information content (AvgIpc) is 3.44. The molecule has 4 heterocycles. The maximum absolute atomic E-state index is 15.0. The summed E-state index contributed by atoms with van der Waals surface area (Å²) in [5.74, 6) is -0.0523. The van der Waals surface area contributed by atoms with Gasteiger partial charge in [0, 0.05) is 51.8 Å². The van der Waals surface area contributed by atoms with E-state index in [9.17, 15) is 18.8 Å². The summed E-state index contributed by atoms with van der Waals surface area (Å²) in [5.41, 5.74) is 4.23. The van der Waals surface area contributed by atoms with E-state index in [1.165, 1.54) is 17.0 Å². The number of imide groups is 1. The summed E-state index contributed by atoms with van der Waals surface area (Å²) in [7, 11) is 0. The normalized spacial score (nSPS) is 16.3. The van der Waals surface area contributed by atoms with E-state index in [1.54, 1.807) is 17.4 Å². The van der Waals surface area contributed by atoms with Crippen molar-refractivity contribution in [2.75, 3.05) is 11.4 Å². The number of carbonyl (C=O) groups is 3. The van der Waals surface area contributed by atoms with Crippen molar-refractivity contribution in [1.82, 2.24) is 25.4 Å². The molecule has 0 spiro atoms. The van der Waals surface area contributed by atoms with Gasteiger partial charge in [-0.2, -0.15) is 0 Å². The van der Waals surface area contributed by atoms with Gasteiger partial charge in [-0.15, -0.1) is 21.5 Å². The van der Waals surface area contributed by atoms with Crippen LogP contribution >= 0.6 is 22.9 Å². The van der Waals surface area contributed by atoms with E-state index in [1.807, 2.05) is 35.8 Å². The highest BCUT2D eigenvalue weighted by Gasteiger charge is 2.32. The number of fused-ring (bicyclic) bond motifs is 3. The first-order valence-electron chi connectivity index (χ1n) is 13.6. The number of halogens is 2. The molecule has 2 aromatic carbocycles. The van der Waals surface area contributed by atoms with Crippen molar-refractivity contribution in [3.63, 3.8) is 0 Å². The number of nitrogens with one attached hydrogen (secondary N) is 2. The highest BCUT2D eigenvalue weighted by Crippen LogP contribution is 2.39. The maximum atomic E-state index is 15.0. The second-order valence-electron chi connectivity index (χ2n) is 10.4. The zero-order chi connectivity index (χ0) is 30.4. The Morgan fingerprint density at radius 3 is 2.63 bits per heavy atom. The molecule has 0 aliphatic carbocycles. The summed E-state index contributed by atoms with van der Waals surface area (Å²) in [6.45, 7) is 6.09. The van der Waals surface area contributed by atoms with Gasteiger partial charge >= 0.3 is 6.03 Å². The van der Waals surface area contributed by atoms with E-state index >= 15 is 0 Å². The van der Waals surface area contributed by atoms with Gasteiger partial charge in [0.2, 0.25) is 11.8 Å². The van der Waals surface area contributed by atoms with Crippen LogP contribution in [0.15, 0.2) is 47.5 Å². The van der Waals surface area contributed by atoms with Gasteiger partial charge in [0.1, 0.15) is 22.7 Å². The van der Waals surface area contributed by atoms with Gasteiger partial charge in [0.15, 0.2) is 5.82 Å². The number of thiophene rings is 1. The van der Waals surface area contributed by atoms with Crippen LogP contribution in [-0.2, 0) is 16.1 Å². The molecule has 1 saturated heterocycles. The van der Waals surface area contributed by atoms with Crippen LogP contribution in [0.25, 0.3) is 5.00 Å². The predicted molar refractivity (Wildman–Crippen MR) is 162 cm³/mol. The van der Waals surface area contributed by atoms with Crippen LogP contribution in [0.3, 0.4) is 0 Å². The Balaban J connectivity index is 1.26. The van der Waals surface area contributed by atoms with E-state index in [4.69, 9.17) is 16.6 Å². The molecule has 4 amide bonds. The molecule has 0 unspecified atom stereocenters. The van der Waals surface area contributed by atoms with Crippen LogP contribution in [0, 0.1) is 26.6 Å². The maximum Gasteiger partial charge on any atom is 0.328 e. The summed E-state index contributed by atoms with van der Waals surface area (Å²) in [6, 6.07) is 10.5. The molecule has 2 aliphatic heterocycles. The van der Waals surface area contributed by atoms with Crippen LogP contribution in [0.2, 0.25) is 5.02 Å². The van der Waals surface area contributed by atoms with Crippen LogP contribution in [0.4, 0.5) is 14.9 Å². The lowest BCUT2D eigenvalue weighted by Gasteiger charge is -2.26. The van der Waals surface area contributed by atoms with Gasteiger partial charge in [-0.25, -0.2) is 9.18 Å². The second-order valence-corrected chi connectivity index (χ2v) is 12.1. The molecular weight excluding hydrogens is 593 g/mol. The van der Waals surface area contributed by atoms with Gasteiger partial charge in [0.05, 0.1) is 12.1 Å². The lowest BCUT2D eigenvalue weighted by atomic mass is 9.99. The molecule has 0 bridgehead atoms. The van der Waals surface area contributed by atoms with Crippen LogP contribution in [0.5, 0.6) is 0 Å². The number of rotatable bonds is 6. The number of aliphatic imine (C=N–C) groups is 1. The van der Waals surface area contributed by atoms with Gasteiger partial charge in [0.25, 0.3) is 0 Å². The summed E-state index contributed by atoms with van der Waals surface area (Å²) in [4.78, 5) is 44.4. The lowest BCUT2D eigenvalue weighted by molar-refractivity contribution is -0.122. The molecule has 220 valence electrons. The zero-order valence-corrected chi connectivity index (χ0v) is 25.1. The summed E-state index contributed by atoms with van der Waals surface area (Å²) >= 11 is 7.80. The molecule has 0 radical (unpaired) electrons. The zero-order valence-electron chi connectivity index (χ0n) is 23.6. The number of aromatic nitrogens is 3. The van der Waals surface area contributed by atoms with Crippen molar-refractivity contribution in [3.05, 3.63) is 92.1 Å². The fraction of sp³-hybridized carbons (Fsp3) is 0.267. The van der Waals surface area contributed by atoms with Gasteiger partial charge in [-0.1, -0.05) is 29.8 Å². The van der Waals surface area contributed by atoms with E-state index in [-0.39, 0.29) is 43.3 Å². The molecule has 1 fully saturated rings. The molecule has 2 aliphatic rings. The SMILES string of the molecule is Cc1sc2c(c1C)C(c1ccc(Cl)cc1)=N[C@@H](CC(=O)NCc1ccc(N3CCC(=O)NC3=O)cc1F)c1nnc(C)n1-2. The van der Waals surface area contributed by atoms with Gasteiger partial charge < -0.3 is 5.32 Å². The molecule has 0 saturated carbocycles. The smallest absolute Gasteiger partial charge is 0.328 e. The van der Waals surface area contributed by atoms with Crippen molar-refractivity contribution in [2.45, 2.75) is 46.2 Å². The first kappa shape index (κ1) is 28.7. The third kappa shape index (κ3) is 5.43. The van der Waals surface area contributed by atoms with Gasteiger partial charge in [-0.05, 0) is 50.6 Å². The molecular formula is C30H27ClFN7O3S. The van der Waals surface area contributed by atoms with Crippen molar-refractivity contribution >= 4 is 52.2 Å². The first-order valence-corrected chi connectivity index (χ1v) is 14.8. The number of hydrogen-bond donors (Lipinski definition) is 2. The molecule has 10 nitrogen and oxygen atoms in total. The Morgan fingerprint density at radius 1 is 1.14 bits per heavy atom. The van der Waals surface area contributed by atoms with E-state index < -0.39 is 17.9 Å². The average molecular weight is 620 g/mol. The van der Waals surface area contributed by atoms with Crippen molar-refractivity contribution < 1.29 is 18.8 Å². The number of nitrogens with zero attached hydrogens (tertiary/aromatic N) is 5. The topological polar surface area (TPSA) is 122 Å². The van der Waals surface area contributed by atoms with E-state index in [2.05, 4.69) is 34.7 Å². The Kier molecular flexibility index (Phi) is 7.57. The predicted octanol–water partition coefficient (Wildman–Crippen LogP) is 5.09. The van der Waals surface area contributed by atoms with Gasteiger partial charge in [-0.3, -0.25) is 29.4 Å². The number of amides is 4. The monoisotopic (exact) mass is 619 g/mol. The molecule has 43 heavy (non-hydrogen) atoms. The van der Waals surface area contributed by atoms with Crippen LogP contribution in [0.1, 0.15) is 57.7 Å². The van der Waals surface area contributed by atoms with Crippen LogP contribution < -0.4 is 15.5 Å². The molecule has 13 heteroatoms. The first-order chi connectivity index (χ1) is 20.6. The van der Waals surface area contributed by atoms with Crippen molar-refractivity contribution in [3.8, 4) is 5.00 Å². The number of anilines is 1. The number of aryl methyl sites for hydroxylation is 2. The molecule has 4 aromatic rings. The van der Waals surface area contributed by atoms with Crippen LogP contribution in [-0.4, -0.2) is 44.9 Å². The number of urea groups is 1. The molecule has 2 N–H and O–H groups in total. The standard InChI is InChI=1S/C30H27ClFN7O3S/c1-15-16(2)43-29-26(15)27(18-4-7-20(31)8-5-18)34-23(28-37-36-17(3)39(28)29)13-25(41)33-14-19-6-9-21(12-22(19)32)38-11-10-24(40)35-30(38)42/h4-9,12,23H,10-11,13-14H2,1-3H3,(H,33,41)(H,35,40,42)/t23-/m0/s1. The summed E-state index contributed by atoms with van der Waals surface area (Å²) in [6.07, 6.45) is 0.0956. The third-order valence-electron chi connectivity index (χ3n) is 7.61. The molecule has 2 aromatic heterocycles.